The molecule has 0 fully saturated rings. The second-order valence-electron chi connectivity index (χ2n) is 10.3. The number of hydrogen-bond acceptors (Lipinski definition) is 2. The summed E-state index contributed by atoms with van der Waals surface area (Å²) < 4.78 is 30.9. The molecule has 0 radical (unpaired) electrons. The smallest absolute Gasteiger partial charge is 0.129 e. The van der Waals surface area contributed by atoms with Gasteiger partial charge in [0.05, 0.1) is 6.10 Å². The fourth-order valence-corrected chi connectivity index (χ4v) is 4.47. The van der Waals surface area contributed by atoms with E-state index >= 15 is 0 Å². The number of halogens is 2. The Hall–Kier alpha value is -2.40. The van der Waals surface area contributed by atoms with Crippen LogP contribution in [0.1, 0.15) is 65.6 Å². The van der Waals surface area contributed by atoms with Crippen LogP contribution in [-0.2, 0) is 13.0 Å². The third-order valence-corrected chi connectivity index (χ3v) is 6.11. The van der Waals surface area contributed by atoms with Gasteiger partial charge >= 0.3 is 0 Å². The highest BCUT2D eigenvalue weighted by Gasteiger charge is 2.28. The first-order valence-corrected chi connectivity index (χ1v) is 12.0. The topological polar surface area (TPSA) is 28.3 Å². The van der Waals surface area contributed by atoms with Crippen molar-refractivity contribution >= 4 is 10.9 Å². The summed E-state index contributed by atoms with van der Waals surface area (Å²) in [5, 5.41) is 1.42. The molecule has 3 aromatic rings. The molecule has 0 spiro atoms. The predicted octanol–water partition coefficient (Wildman–Crippen LogP) is 7.49. The van der Waals surface area contributed by atoms with Gasteiger partial charge in [0.1, 0.15) is 17.4 Å². The molecule has 2 aromatic carbocycles. The molecule has 0 unspecified atom stereocenters. The van der Waals surface area contributed by atoms with Crippen molar-refractivity contribution in [2.45, 2.75) is 79.5 Å². The van der Waals surface area contributed by atoms with Crippen LogP contribution in [0.25, 0.3) is 10.9 Å². The SMILES string of the molecule is CCC(CC)Oc1cc(F)cc(F)c1.C[C@@H]1Cc2c([nH]c3ccccc23)CN1CC(C)(C)C. The zero-order valence-corrected chi connectivity index (χ0v) is 20.8. The molecule has 0 saturated carbocycles. The summed E-state index contributed by atoms with van der Waals surface area (Å²) in [4.78, 5) is 6.22. The summed E-state index contributed by atoms with van der Waals surface area (Å²) in [6.07, 6.45) is 2.84. The number of H-pyrrole nitrogens is 1. The van der Waals surface area contributed by atoms with E-state index in [2.05, 4.69) is 61.8 Å². The molecule has 0 amide bonds. The molecular formula is C28H38F2N2O. The van der Waals surface area contributed by atoms with E-state index in [0.717, 1.165) is 38.4 Å². The number of para-hydroxylation sites is 1. The fourth-order valence-electron chi connectivity index (χ4n) is 4.47. The van der Waals surface area contributed by atoms with E-state index in [1.54, 1.807) is 0 Å². The Balaban J connectivity index is 0.000000196. The number of ether oxygens (including phenoxy) is 1. The third kappa shape index (κ3) is 6.80. The quantitative estimate of drug-likeness (QED) is 0.431. The van der Waals surface area contributed by atoms with Crippen LogP contribution in [0.5, 0.6) is 5.75 Å². The van der Waals surface area contributed by atoms with Gasteiger partial charge < -0.3 is 9.72 Å². The summed E-state index contributed by atoms with van der Waals surface area (Å²) in [6.45, 7) is 15.5. The van der Waals surface area contributed by atoms with Crippen molar-refractivity contribution in [3.05, 3.63) is 65.4 Å². The van der Waals surface area contributed by atoms with Gasteiger partial charge in [-0.05, 0) is 43.2 Å². The monoisotopic (exact) mass is 456 g/mol. The minimum Gasteiger partial charge on any atom is -0.490 e. The zero-order chi connectivity index (χ0) is 24.2. The van der Waals surface area contributed by atoms with Crippen LogP contribution >= 0.6 is 0 Å². The third-order valence-electron chi connectivity index (χ3n) is 6.11. The standard InChI is InChI=1S/C17H24N2.C11H14F2O/c1-12-9-14-13-7-5-6-8-15(13)18-16(14)10-19(12)11-17(2,3)4;1-3-10(4-2)14-11-6-8(12)5-9(13)7-11/h5-8,12,18H,9-11H2,1-4H3;5-7,10H,3-4H2,1-2H3/t12-;/m1./s1. The number of nitrogens with one attached hydrogen (secondary N) is 1. The zero-order valence-electron chi connectivity index (χ0n) is 20.8. The molecule has 1 aromatic heterocycles. The summed E-state index contributed by atoms with van der Waals surface area (Å²) in [6, 6.07) is 12.5. The second-order valence-corrected chi connectivity index (χ2v) is 10.3. The van der Waals surface area contributed by atoms with Gasteiger partial charge in [-0.25, -0.2) is 8.78 Å². The average Bonchev–Trinajstić information content (AvgIpc) is 3.08. The van der Waals surface area contributed by atoms with E-state index in [1.165, 1.54) is 34.3 Å². The Morgan fingerprint density at radius 2 is 1.70 bits per heavy atom. The highest BCUT2D eigenvalue weighted by atomic mass is 19.1. The molecule has 4 rings (SSSR count). The van der Waals surface area contributed by atoms with Crippen molar-refractivity contribution in [3.63, 3.8) is 0 Å². The molecule has 0 aliphatic carbocycles. The van der Waals surface area contributed by atoms with Gasteiger partial charge in [0, 0.05) is 53.9 Å². The van der Waals surface area contributed by atoms with Crippen molar-refractivity contribution in [1.82, 2.24) is 9.88 Å². The van der Waals surface area contributed by atoms with Gasteiger partial charge in [-0.1, -0.05) is 52.8 Å². The summed E-state index contributed by atoms with van der Waals surface area (Å²) in [5.74, 6) is -0.951. The Bertz CT molecular complexity index is 1030. The van der Waals surface area contributed by atoms with E-state index in [9.17, 15) is 8.78 Å². The maximum atomic E-state index is 12.8. The lowest BCUT2D eigenvalue weighted by atomic mass is 9.91. The van der Waals surface area contributed by atoms with Crippen LogP contribution in [0.3, 0.4) is 0 Å². The average molecular weight is 457 g/mol. The molecule has 5 heteroatoms. The highest BCUT2D eigenvalue weighted by Crippen LogP contribution is 2.31. The van der Waals surface area contributed by atoms with Crippen LogP contribution in [-0.4, -0.2) is 28.6 Å². The molecule has 1 N–H and O–H groups in total. The normalized spacial score (nSPS) is 16.5. The highest BCUT2D eigenvalue weighted by molar-refractivity contribution is 5.84. The van der Waals surface area contributed by atoms with Crippen LogP contribution < -0.4 is 4.74 Å². The van der Waals surface area contributed by atoms with E-state index in [4.69, 9.17) is 4.74 Å². The van der Waals surface area contributed by atoms with Crippen molar-refractivity contribution in [1.29, 1.82) is 0 Å². The lowest BCUT2D eigenvalue weighted by Crippen LogP contribution is -2.42. The van der Waals surface area contributed by atoms with Gasteiger partial charge in [0.2, 0.25) is 0 Å². The molecule has 0 bridgehead atoms. The number of benzene rings is 2. The predicted molar refractivity (Wildman–Crippen MR) is 133 cm³/mol. The van der Waals surface area contributed by atoms with Crippen molar-refractivity contribution in [2.24, 2.45) is 5.41 Å². The number of hydrogen-bond donors (Lipinski definition) is 1. The Morgan fingerprint density at radius 1 is 1.06 bits per heavy atom. The van der Waals surface area contributed by atoms with Crippen molar-refractivity contribution < 1.29 is 13.5 Å². The number of aromatic nitrogens is 1. The molecular weight excluding hydrogens is 418 g/mol. The Morgan fingerprint density at radius 3 is 2.30 bits per heavy atom. The van der Waals surface area contributed by atoms with Crippen LogP contribution in [0.2, 0.25) is 0 Å². The van der Waals surface area contributed by atoms with E-state index in [0.29, 0.717) is 11.5 Å². The number of aromatic amines is 1. The van der Waals surface area contributed by atoms with Gasteiger partial charge in [0.15, 0.2) is 0 Å². The summed E-state index contributed by atoms with van der Waals surface area (Å²) in [7, 11) is 0. The Labute approximate surface area is 197 Å². The minimum absolute atomic E-state index is 0.0243. The molecule has 2 heterocycles. The van der Waals surface area contributed by atoms with Crippen molar-refractivity contribution in [2.75, 3.05) is 6.54 Å². The molecule has 33 heavy (non-hydrogen) atoms. The van der Waals surface area contributed by atoms with Gasteiger partial charge in [0.25, 0.3) is 0 Å². The maximum Gasteiger partial charge on any atom is 0.129 e. The van der Waals surface area contributed by atoms with Crippen LogP contribution in [0, 0.1) is 17.0 Å². The number of nitrogens with zero attached hydrogens (tertiary/aromatic N) is 1. The van der Waals surface area contributed by atoms with Crippen LogP contribution in [0.15, 0.2) is 42.5 Å². The summed E-state index contributed by atoms with van der Waals surface area (Å²) in [5.41, 5.74) is 4.60. The van der Waals surface area contributed by atoms with Gasteiger partial charge in [-0.3, -0.25) is 4.90 Å². The maximum absolute atomic E-state index is 12.8. The van der Waals surface area contributed by atoms with Crippen molar-refractivity contribution in [3.8, 4) is 5.75 Å². The molecule has 3 nitrogen and oxygen atoms in total. The first-order chi connectivity index (χ1) is 15.6. The fraction of sp³-hybridized carbons (Fsp3) is 0.500. The van der Waals surface area contributed by atoms with Gasteiger partial charge in [-0.15, -0.1) is 0 Å². The lowest BCUT2D eigenvalue weighted by molar-refractivity contribution is 0.126. The molecule has 1 atom stereocenters. The first kappa shape index (κ1) is 25.2. The van der Waals surface area contributed by atoms with Crippen LogP contribution in [0.4, 0.5) is 8.78 Å². The molecule has 1 aliphatic rings. The largest absolute Gasteiger partial charge is 0.490 e. The lowest BCUT2D eigenvalue weighted by Gasteiger charge is -2.37. The minimum atomic E-state index is -0.606. The molecule has 180 valence electrons. The van der Waals surface area contributed by atoms with E-state index in [-0.39, 0.29) is 11.9 Å². The summed E-state index contributed by atoms with van der Waals surface area (Å²) >= 11 is 0. The first-order valence-electron chi connectivity index (χ1n) is 12.0. The second kappa shape index (κ2) is 10.7. The Kier molecular flexibility index (Phi) is 8.17. The molecule has 1 aliphatic heterocycles. The molecule has 0 saturated heterocycles. The number of rotatable bonds is 5. The number of fused-ring (bicyclic) bond motifs is 3. The van der Waals surface area contributed by atoms with E-state index < -0.39 is 11.6 Å². The van der Waals surface area contributed by atoms with E-state index in [1.807, 2.05) is 13.8 Å². The van der Waals surface area contributed by atoms with Gasteiger partial charge in [-0.2, -0.15) is 0 Å².